The lowest BCUT2D eigenvalue weighted by Crippen LogP contribution is -2.35. The van der Waals surface area contributed by atoms with Crippen LogP contribution in [0.5, 0.6) is 0 Å². The van der Waals surface area contributed by atoms with Crippen molar-refractivity contribution >= 4 is 21.6 Å². The van der Waals surface area contributed by atoms with Gasteiger partial charge in [0.25, 0.3) is 0 Å². The van der Waals surface area contributed by atoms with Crippen molar-refractivity contribution in [2.45, 2.75) is 37.8 Å². The van der Waals surface area contributed by atoms with Crippen molar-refractivity contribution < 1.29 is 8.42 Å². The highest BCUT2D eigenvalue weighted by Crippen LogP contribution is 2.19. The van der Waals surface area contributed by atoms with Crippen molar-refractivity contribution in [3.8, 4) is 0 Å². The predicted molar refractivity (Wildman–Crippen MR) is 83.5 cm³/mol. The van der Waals surface area contributed by atoms with E-state index in [2.05, 4.69) is 38.2 Å². The van der Waals surface area contributed by atoms with Crippen LogP contribution in [-0.2, 0) is 16.4 Å². The minimum atomic E-state index is -2.87. The largest absolute Gasteiger partial charge is 0.308 e. The van der Waals surface area contributed by atoms with E-state index >= 15 is 0 Å². The molecule has 0 aliphatic rings. The zero-order valence-corrected chi connectivity index (χ0v) is 13.7. The lowest BCUT2D eigenvalue weighted by Gasteiger charge is -2.20. The summed E-state index contributed by atoms with van der Waals surface area (Å²) in [5.41, 5.74) is 1.32. The van der Waals surface area contributed by atoms with E-state index in [9.17, 15) is 8.42 Å². The molecule has 1 aromatic rings. The summed E-state index contributed by atoms with van der Waals surface area (Å²) in [6, 6.07) is 8.24. The predicted octanol–water partition coefficient (Wildman–Crippen LogP) is 2.71. The Morgan fingerprint density at radius 1 is 1.26 bits per heavy atom. The Hall–Kier alpha value is -0.520. The standard InChI is InChI=1S/C14H23NO2S2/c1-14(2,3)15-11-12-6-5-7-13(10-12)18-8-9-19(4,16)17/h5-7,10,15H,8-9,11H2,1-4H3. The number of benzene rings is 1. The van der Waals surface area contributed by atoms with Gasteiger partial charge in [-0.15, -0.1) is 11.8 Å². The summed E-state index contributed by atoms with van der Waals surface area (Å²) >= 11 is 1.59. The van der Waals surface area contributed by atoms with E-state index in [0.717, 1.165) is 11.4 Å². The summed E-state index contributed by atoms with van der Waals surface area (Å²) in [4.78, 5) is 1.12. The summed E-state index contributed by atoms with van der Waals surface area (Å²) in [5.74, 6) is 0.830. The van der Waals surface area contributed by atoms with Crippen LogP contribution in [0, 0.1) is 0 Å². The molecule has 5 heteroatoms. The second-order valence-electron chi connectivity index (χ2n) is 5.73. The molecule has 1 rings (SSSR count). The van der Waals surface area contributed by atoms with Gasteiger partial charge in [-0.3, -0.25) is 0 Å². The summed E-state index contributed by atoms with van der Waals surface area (Å²) in [7, 11) is -2.87. The number of rotatable bonds is 6. The van der Waals surface area contributed by atoms with Crippen LogP contribution in [0.3, 0.4) is 0 Å². The fourth-order valence-electron chi connectivity index (χ4n) is 1.42. The van der Waals surface area contributed by atoms with Crippen molar-refractivity contribution in [1.29, 1.82) is 0 Å². The van der Waals surface area contributed by atoms with Crippen molar-refractivity contribution in [1.82, 2.24) is 5.32 Å². The van der Waals surface area contributed by atoms with Crippen LogP contribution < -0.4 is 5.32 Å². The van der Waals surface area contributed by atoms with E-state index in [-0.39, 0.29) is 11.3 Å². The highest BCUT2D eigenvalue weighted by molar-refractivity contribution is 8.00. The minimum Gasteiger partial charge on any atom is -0.308 e. The Morgan fingerprint density at radius 2 is 1.95 bits per heavy atom. The molecule has 0 aliphatic carbocycles. The summed E-state index contributed by atoms with van der Waals surface area (Å²) < 4.78 is 22.2. The van der Waals surface area contributed by atoms with Crippen LogP contribution >= 0.6 is 11.8 Å². The first-order chi connectivity index (χ1) is 8.66. The van der Waals surface area contributed by atoms with Crippen molar-refractivity contribution in [2.24, 2.45) is 0 Å². The summed E-state index contributed by atoms with van der Waals surface area (Å²) in [6.45, 7) is 7.23. The van der Waals surface area contributed by atoms with Gasteiger partial charge in [-0.1, -0.05) is 12.1 Å². The molecular weight excluding hydrogens is 278 g/mol. The number of hydrogen-bond donors (Lipinski definition) is 1. The maximum atomic E-state index is 11.1. The van der Waals surface area contributed by atoms with Crippen LogP contribution in [0.15, 0.2) is 29.2 Å². The molecule has 0 bridgehead atoms. The minimum absolute atomic E-state index is 0.0967. The number of hydrogen-bond acceptors (Lipinski definition) is 4. The van der Waals surface area contributed by atoms with Gasteiger partial charge in [-0.05, 0) is 38.5 Å². The number of sulfone groups is 1. The first-order valence-electron chi connectivity index (χ1n) is 6.30. The molecule has 0 aliphatic heterocycles. The second-order valence-corrected chi connectivity index (χ2v) is 9.16. The quantitative estimate of drug-likeness (QED) is 0.821. The second kappa shape index (κ2) is 6.77. The Kier molecular flexibility index (Phi) is 5.89. The molecule has 0 unspecified atom stereocenters. The fraction of sp³-hybridized carbons (Fsp3) is 0.571. The molecule has 1 N–H and O–H groups in total. The SMILES string of the molecule is CC(C)(C)NCc1cccc(SCCS(C)(=O)=O)c1. The van der Waals surface area contributed by atoms with E-state index in [1.54, 1.807) is 11.8 Å². The summed E-state index contributed by atoms with van der Waals surface area (Å²) in [5, 5.41) is 3.44. The molecule has 0 radical (unpaired) electrons. The Balaban J connectivity index is 2.52. The van der Waals surface area contributed by atoms with Gasteiger partial charge in [0.1, 0.15) is 9.84 Å². The molecule has 0 saturated heterocycles. The topological polar surface area (TPSA) is 46.2 Å². The molecule has 0 aromatic heterocycles. The molecule has 19 heavy (non-hydrogen) atoms. The van der Waals surface area contributed by atoms with Gasteiger partial charge in [-0.25, -0.2) is 8.42 Å². The normalized spacial score (nSPS) is 12.6. The van der Waals surface area contributed by atoms with Crippen LogP contribution in [0.2, 0.25) is 0 Å². The third kappa shape index (κ3) is 8.29. The zero-order chi connectivity index (χ0) is 14.5. The number of thioether (sulfide) groups is 1. The maximum absolute atomic E-state index is 11.1. The monoisotopic (exact) mass is 301 g/mol. The molecule has 0 saturated carbocycles. The molecule has 0 atom stereocenters. The van der Waals surface area contributed by atoms with Gasteiger partial charge in [0.05, 0.1) is 5.75 Å². The van der Waals surface area contributed by atoms with Crippen LogP contribution in [0.25, 0.3) is 0 Å². The highest BCUT2D eigenvalue weighted by atomic mass is 32.2. The lowest BCUT2D eigenvalue weighted by molar-refractivity contribution is 0.424. The highest BCUT2D eigenvalue weighted by Gasteiger charge is 2.08. The van der Waals surface area contributed by atoms with Crippen LogP contribution in [-0.4, -0.2) is 31.7 Å². The Labute approximate surface area is 121 Å². The first kappa shape index (κ1) is 16.5. The van der Waals surface area contributed by atoms with Gasteiger partial charge in [0, 0.05) is 29.0 Å². The number of nitrogens with one attached hydrogen (secondary N) is 1. The van der Waals surface area contributed by atoms with E-state index in [0.29, 0.717) is 5.75 Å². The molecule has 1 aromatic carbocycles. The lowest BCUT2D eigenvalue weighted by atomic mass is 10.1. The van der Waals surface area contributed by atoms with Gasteiger partial charge in [0.2, 0.25) is 0 Å². The van der Waals surface area contributed by atoms with Crippen molar-refractivity contribution in [3.05, 3.63) is 29.8 Å². The van der Waals surface area contributed by atoms with E-state index in [1.807, 2.05) is 12.1 Å². The van der Waals surface area contributed by atoms with Crippen LogP contribution in [0.1, 0.15) is 26.3 Å². The van der Waals surface area contributed by atoms with Gasteiger partial charge < -0.3 is 5.32 Å². The Morgan fingerprint density at radius 3 is 2.53 bits per heavy atom. The molecule has 108 valence electrons. The Bertz CT molecular complexity index is 504. The molecular formula is C14H23NO2S2. The molecule has 0 heterocycles. The maximum Gasteiger partial charge on any atom is 0.148 e. The van der Waals surface area contributed by atoms with E-state index in [4.69, 9.17) is 0 Å². The summed E-state index contributed by atoms with van der Waals surface area (Å²) in [6.07, 6.45) is 1.28. The zero-order valence-electron chi connectivity index (χ0n) is 12.1. The van der Waals surface area contributed by atoms with Gasteiger partial charge >= 0.3 is 0 Å². The van der Waals surface area contributed by atoms with E-state index in [1.165, 1.54) is 11.8 Å². The average Bonchev–Trinajstić information content (AvgIpc) is 2.24. The molecule has 0 fully saturated rings. The smallest absolute Gasteiger partial charge is 0.148 e. The van der Waals surface area contributed by atoms with Gasteiger partial charge in [0.15, 0.2) is 0 Å². The molecule has 0 amide bonds. The van der Waals surface area contributed by atoms with Crippen molar-refractivity contribution in [3.63, 3.8) is 0 Å². The molecule has 3 nitrogen and oxygen atoms in total. The van der Waals surface area contributed by atoms with Gasteiger partial charge in [-0.2, -0.15) is 0 Å². The molecule has 0 spiro atoms. The van der Waals surface area contributed by atoms with E-state index < -0.39 is 9.84 Å². The fourth-order valence-corrected chi connectivity index (χ4v) is 3.61. The van der Waals surface area contributed by atoms with Crippen LogP contribution in [0.4, 0.5) is 0 Å². The third-order valence-corrected chi connectivity index (χ3v) is 4.64. The average molecular weight is 301 g/mol. The first-order valence-corrected chi connectivity index (χ1v) is 9.35. The third-order valence-electron chi connectivity index (χ3n) is 2.44. The van der Waals surface area contributed by atoms with Crippen molar-refractivity contribution in [2.75, 3.05) is 17.8 Å².